The highest BCUT2D eigenvalue weighted by atomic mass is 15.3. The van der Waals surface area contributed by atoms with Gasteiger partial charge in [-0.25, -0.2) is 4.98 Å². The molecule has 0 fully saturated rings. The zero-order chi connectivity index (χ0) is 15.6. The summed E-state index contributed by atoms with van der Waals surface area (Å²) in [4.78, 5) is 4.51. The van der Waals surface area contributed by atoms with Crippen molar-refractivity contribution < 1.29 is 0 Å². The summed E-state index contributed by atoms with van der Waals surface area (Å²) < 4.78 is 6.20. The quantitative estimate of drug-likeness (QED) is 0.775. The third-order valence-electron chi connectivity index (χ3n) is 4.11. The first kappa shape index (κ1) is 14.2. The number of nitrogens with zero attached hydrogens (tertiary/aromatic N) is 6. The van der Waals surface area contributed by atoms with E-state index in [1.54, 1.807) is 0 Å². The smallest absolute Gasteiger partial charge is 0.160 e. The molecular formula is C16H21N7. The van der Waals surface area contributed by atoms with Gasteiger partial charge in [0.25, 0.3) is 0 Å². The van der Waals surface area contributed by atoms with Gasteiger partial charge in [-0.05, 0) is 12.5 Å². The van der Waals surface area contributed by atoms with Crippen LogP contribution < -0.4 is 5.32 Å². The highest BCUT2D eigenvalue weighted by Crippen LogP contribution is 2.20. The van der Waals surface area contributed by atoms with E-state index in [1.165, 1.54) is 11.3 Å². The molecule has 1 aliphatic rings. The molecule has 4 rings (SSSR count). The number of rotatable bonds is 5. The molecule has 0 saturated carbocycles. The molecule has 0 aromatic carbocycles. The van der Waals surface area contributed by atoms with Gasteiger partial charge >= 0.3 is 0 Å². The molecule has 0 atom stereocenters. The molecule has 0 radical (unpaired) electrons. The molecule has 120 valence electrons. The summed E-state index contributed by atoms with van der Waals surface area (Å²) in [5, 5.41) is 12.5. The van der Waals surface area contributed by atoms with Crippen LogP contribution in [0, 0.1) is 0 Å². The summed E-state index contributed by atoms with van der Waals surface area (Å²) in [5.74, 6) is 0.912. The number of aromatic nitrogens is 6. The Balaban J connectivity index is 1.59. The van der Waals surface area contributed by atoms with E-state index in [2.05, 4.69) is 43.8 Å². The summed E-state index contributed by atoms with van der Waals surface area (Å²) in [6, 6.07) is 2.13. The molecule has 0 unspecified atom stereocenters. The van der Waals surface area contributed by atoms with Crippen molar-refractivity contribution in [3.63, 3.8) is 0 Å². The third-order valence-corrected chi connectivity index (χ3v) is 4.11. The van der Waals surface area contributed by atoms with Crippen molar-refractivity contribution in [1.82, 2.24) is 34.4 Å². The minimum absolute atomic E-state index is 0.763. The van der Waals surface area contributed by atoms with Crippen molar-refractivity contribution >= 4 is 0 Å². The van der Waals surface area contributed by atoms with Crippen LogP contribution in [0.25, 0.3) is 11.5 Å². The first-order chi connectivity index (χ1) is 11.3. The lowest BCUT2D eigenvalue weighted by Gasteiger charge is -2.13. The van der Waals surface area contributed by atoms with E-state index in [-0.39, 0.29) is 0 Å². The molecule has 0 aliphatic carbocycles. The maximum atomic E-state index is 4.70. The third kappa shape index (κ3) is 2.79. The molecule has 0 amide bonds. The molecule has 0 spiro atoms. The van der Waals surface area contributed by atoms with Crippen LogP contribution in [0.1, 0.15) is 24.6 Å². The van der Waals surface area contributed by atoms with E-state index in [0.29, 0.717) is 0 Å². The van der Waals surface area contributed by atoms with Gasteiger partial charge in [-0.15, -0.1) is 0 Å². The van der Waals surface area contributed by atoms with Gasteiger partial charge in [0.15, 0.2) is 5.82 Å². The minimum atomic E-state index is 0.763. The molecule has 1 N–H and O–H groups in total. The van der Waals surface area contributed by atoms with Gasteiger partial charge < -0.3 is 9.88 Å². The number of hydrogen-bond donors (Lipinski definition) is 1. The summed E-state index contributed by atoms with van der Waals surface area (Å²) in [7, 11) is 0. The molecule has 3 aromatic rings. The summed E-state index contributed by atoms with van der Waals surface area (Å²) in [5.41, 5.74) is 3.34. The van der Waals surface area contributed by atoms with Crippen molar-refractivity contribution in [1.29, 1.82) is 0 Å². The van der Waals surface area contributed by atoms with Gasteiger partial charge in [-0.2, -0.15) is 10.2 Å². The standard InChI is InChI=1S/C16H21N7/c1-2-5-22-12-13(9-19-22)11-21-6-4-18-16(21)15-8-14-10-17-3-7-23(14)20-15/h4,6,8-9,12,17H,2-3,5,7,10-11H2,1H3. The molecule has 23 heavy (non-hydrogen) atoms. The Morgan fingerprint density at radius 2 is 2.30 bits per heavy atom. The zero-order valence-corrected chi connectivity index (χ0v) is 13.3. The summed E-state index contributed by atoms with van der Waals surface area (Å²) >= 11 is 0. The molecular weight excluding hydrogens is 290 g/mol. The van der Waals surface area contributed by atoms with Crippen LogP contribution in [0.2, 0.25) is 0 Å². The number of fused-ring (bicyclic) bond motifs is 1. The molecule has 0 bridgehead atoms. The van der Waals surface area contributed by atoms with E-state index in [4.69, 9.17) is 5.10 Å². The average molecular weight is 311 g/mol. The fourth-order valence-electron chi connectivity index (χ4n) is 3.01. The summed E-state index contributed by atoms with van der Waals surface area (Å²) in [6.07, 6.45) is 8.97. The second-order valence-corrected chi connectivity index (χ2v) is 5.91. The normalized spacial score (nSPS) is 14.1. The number of nitrogens with one attached hydrogen (secondary N) is 1. The Hall–Kier alpha value is -2.41. The lowest BCUT2D eigenvalue weighted by molar-refractivity contribution is 0.476. The van der Waals surface area contributed by atoms with Crippen LogP contribution in [0.15, 0.2) is 30.9 Å². The van der Waals surface area contributed by atoms with Gasteiger partial charge in [-0.3, -0.25) is 9.36 Å². The largest absolute Gasteiger partial charge is 0.325 e. The van der Waals surface area contributed by atoms with Crippen LogP contribution in [0.3, 0.4) is 0 Å². The first-order valence-electron chi connectivity index (χ1n) is 8.14. The second-order valence-electron chi connectivity index (χ2n) is 5.91. The average Bonchev–Trinajstić information content (AvgIpc) is 3.27. The second kappa shape index (κ2) is 6.00. The zero-order valence-electron chi connectivity index (χ0n) is 13.3. The highest BCUT2D eigenvalue weighted by Gasteiger charge is 2.16. The Morgan fingerprint density at radius 3 is 3.17 bits per heavy atom. The monoisotopic (exact) mass is 311 g/mol. The molecule has 7 nitrogen and oxygen atoms in total. The lowest BCUT2D eigenvalue weighted by Crippen LogP contribution is -2.28. The maximum absolute atomic E-state index is 4.70. The van der Waals surface area contributed by atoms with Crippen molar-refractivity contribution in [2.24, 2.45) is 0 Å². The maximum Gasteiger partial charge on any atom is 0.160 e. The van der Waals surface area contributed by atoms with Crippen LogP contribution in [0.5, 0.6) is 0 Å². The highest BCUT2D eigenvalue weighted by molar-refractivity contribution is 5.50. The molecule has 1 aliphatic heterocycles. The molecule has 3 aromatic heterocycles. The van der Waals surface area contributed by atoms with Gasteiger partial charge in [0, 0.05) is 43.8 Å². The van der Waals surface area contributed by atoms with Crippen LogP contribution >= 0.6 is 0 Å². The van der Waals surface area contributed by atoms with Gasteiger partial charge in [0.2, 0.25) is 0 Å². The van der Waals surface area contributed by atoms with E-state index >= 15 is 0 Å². The summed E-state index contributed by atoms with van der Waals surface area (Å²) in [6.45, 7) is 6.64. The molecule has 4 heterocycles. The van der Waals surface area contributed by atoms with E-state index < -0.39 is 0 Å². The number of imidazole rings is 1. The predicted octanol–water partition coefficient (Wildman–Crippen LogP) is 1.50. The van der Waals surface area contributed by atoms with Crippen LogP contribution in [-0.2, 0) is 26.2 Å². The lowest BCUT2D eigenvalue weighted by atomic mass is 10.3. The SMILES string of the molecule is CCCn1cc(Cn2ccnc2-c2cc3n(n2)CCNC3)cn1. The molecule has 7 heteroatoms. The first-order valence-corrected chi connectivity index (χ1v) is 8.14. The van der Waals surface area contributed by atoms with E-state index in [9.17, 15) is 0 Å². The van der Waals surface area contributed by atoms with E-state index in [0.717, 1.165) is 50.7 Å². The fourth-order valence-corrected chi connectivity index (χ4v) is 3.01. The Kier molecular flexibility index (Phi) is 3.70. The molecule has 0 saturated heterocycles. The number of hydrogen-bond acceptors (Lipinski definition) is 4. The topological polar surface area (TPSA) is 65.5 Å². The minimum Gasteiger partial charge on any atom is -0.325 e. The van der Waals surface area contributed by atoms with Crippen LogP contribution in [-0.4, -0.2) is 35.7 Å². The van der Waals surface area contributed by atoms with Crippen molar-refractivity contribution in [2.45, 2.75) is 39.5 Å². The van der Waals surface area contributed by atoms with E-state index in [1.807, 2.05) is 23.3 Å². The Labute approximate surface area is 134 Å². The number of aryl methyl sites for hydroxylation is 1. The Bertz CT molecular complexity index is 772. The van der Waals surface area contributed by atoms with Gasteiger partial charge in [0.1, 0.15) is 5.69 Å². The van der Waals surface area contributed by atoms with Gasteiger partial charge in [-0.1, -0.05) is 6.92 Å². The van der Waals surface area contributed by atoms with Gasteiger partial charge in [0.05, 0.1) is 25.0 Å². The van der Waals surface area contributed by atoms with Crippen molar-refractivity contribution in [2.75, 3.05) is 6.54 Å². The fraction of sp³-hybridized carbons (Fsp3) is 0.438. The van der Waals surface area contributed by atoms with Crippen molar-refractivity contribution in [3.8, 4) is 11.5 Å². The van der Waals surface area contributed by atoms with Crippen LogP contribution in [0.4, 0.5) is 0 Å². The Morgan fingerprint density at radius 1 is 1.35 bits per heavy atom. The van der Waals surface area contributed by atoms with Crippen molar-refractivity contribution in [3.05, 3.63) is 42.1 Å². The predicted molar refractivity (Wildman–Crippen MR) is 86.8 cm³/mol.